The van der Waals surface area contributed by atoms with E-state index in [4.69, 9.17) is 0 Å². The molecular weight excluding hydrogens is 377 g/mol. The fourth-order valence-corrected chi connectivity index (χ4v) is 5.19. The van der Waals surface area contributed by atoms with Gasteiger partial charge in [0.2, 0.25) is 5.91 Å². The maximum absolute atomic E-state index is 14.2. The van der Waals surface area contributed by atoms with E-state index in [1.54, 1.807) is 6.07 Å². The van der Waals surface area contributed by atoms with Gasteiger partial charge in [-0.1, -0.05) is 12.1 Å². The minimum atomic E-state index is -0.109. The summed E-state index contributed by atoms with van der Waals surface area (Å²) in [6.07, 6.45) is 11.2. The summed E-state index contributed by atoms with van der Waals surface area (Å²) in [4.78, 5) is 17.0. The van der Waals surface area contributed by atoms with Crippen molar-refractivity contribution in [2.45, 2.75) is 64.3 Å². The van der Waals surface area contributed by atoms with Crippen LogP contribution in [-0.4, -0.2) is 49.6 Å². The third-order valence-electron chi connectivity index (χ3n) is 7.18. The molecule has 1 aromatic rings. The van der Waals surface area contributed by atoms with Crippen LogP contribution < -0.4 is 10.2 Å². The minimum Gasteiger partial charge on any atom is -0.367 e. The molecule has 2 fully saturated rings. The van der Waals surface area contributed by atoms with Crippen LogP contribution >= 0.6 is 0 Å². The third-order valence-corrected chi connectivity index (χ3v) is 7.18. The lowest BCUT2D eigenvalue weighted by Gasteiger charge is -2.37. The molecule has 1 saturated heterocycles. The van der Waals surface area contributed by atoms with Gasteiger partial charge in [0.05, 0.1) is 5.69 Å². The second-order valence-corrected chi connectivity index (χ2v) is 9.38. The molecule has 0 bridgehead atoms. The number of rotatable bonds is 6. The first kappa shape index (κ1) is 21.4. The van der Waals surface area contributed by atoms with Crippen LogP contribution in [0.1, 0.15) is 56.9 Å². The molecule has 1 saturated carbocycles. The van der Waals surface area contributed by atoms with E-state index in [-0.39, 0.29) is 11.7 Å². The van der Waals surface area contributed by atoms with Crippen molar-refractivity contribution < 1.29 is 9.18 Å². The van der Waals surface area contributed by atoms with Crippen molar-refractivity contribution in [2.24, 2.45) is 5.92 Å². The van der Waals surface area contributed by atoms with Gasteiger partial charge >= 0.3 is 0 Å². The number of allylic oxidation sites excluding steroid dienone is 1. The average Bonchev–Trinajstić information content (AvgIpc) is 3.31. The minimum absolute atomic E-state index is 0.109. The molecule has 1 aliphatic heterocycles. The Morgan fingerprint density at radius 3 is 2.60 bits per heavy atom. The van der Waals surface area contributed by atoms with E-state index in [0.29, 0.717) is 6.04 Å². The molecule has 0 unspecified atom stereocenters. The molecule has 164 valence electrons. The predicted octanol–water partition coefficient (Wildman–Crippen LogP) is 4.43. The Kier molecular flexibility index (Phi) is 7.08. The number of benzene rings is 1. The summed E-state index contributed by atoms with van der Waals surface area (Å²) in [6, 6.07) is 5.75. The van der Waals surface area contributed by atoms with Crippen LogP contribution in [0.4, 0.5) is 10.1 Å². The molecule has 1 N–H and O–H groups in total. The number of aryl methyl sites for hydroxylation is 1. The predicted molar refractivity (Wildman–Crippen MR) is 120 cm³/mol. The Labute approximate surface area is 180 Å². The summed E-state index contributed by atoms with van der Waals surface area (Å²) in [6.45, 7) is 6.97. The van der Waals surface area contributed by atoms with Crippen molar-refractivity contribution in [3.8, 4) is 0 Å². The number of piperazine rings is 1. The Bertz CT molecular complexity index is 762. The van der Waals surface area contributed by atoms with Gasteiger partial charge < -0.3 is 10.2 Å². The lowest BCUT2D eigenvalue weighted by Crippen LogP contribution is -2.47. The van der Waals surface area contributed by atoms with Crippen molar-refractivity contribution >= 4 is 11.6 Å². The topological polar surface area (TPSA) is 35.6 Å². The Morgan fingerprint density at radius 2 is 1.90 bits per heavy atom. The molecule has 1 amide bonds. The Balaban J connectivity index is 1.14. The standard InChI is InChI=1S/C25H36FN3O/c1-19-6-11-23(26)24(18-19)29-16-14-28(15-17-29)13-12-20-7-9-22(10-8-20)27-25(30)21-4-2-3-5-21/h4,6,11,18,20,22H,2-3,5,7-10,12-17H2,1H3,(H,27,30). The summed E-state index contributed by atoms with van der Waals surface area (Å²) in [5.74, 6) is 0.845. The Morgan fingerprint density at radius 1 is 1.13 bits per heavy atom. The first-order valence-electron chi connectivity index (χ1n) is 11.8. The summed E-state index contributed by atoms with van der Waals surface area (Å²) in [7, 11) is 0. The van der Waals surface area contributed by atoms with Gasteiger partial charge in [-0.25, -0.2) is 4.39 Å². The summed E-state index contributed by atoms with van der Waals surface area (Å²) < 4.78 is 14.2. The van der Waals surface area contributed by atoms with E-state index in [2.05, 4.69) is 21.2 Å². The van der Waals surface area contributed by atoms with Gasteiger partial charge in [0.25, 0.3) is 0 Å². The molecule has 4 nitrogen and oxygen atoms in total. The molecule has 1 heterocycles. The quantitative estimate of drug-likeness (QED) is 0.749. The van der Waals surface area contributed by atoms with Gasteiger partial charge in [-0.2, -0.15) is 0 Å². The number of carbonyl (C=O) groups is 1. The SMILES string of the molecule is Cc1ccc(F)c(N2CCN(CCC3CCC(NC(=O)C4=CCCC4)CC3)CC2)c1. The van der Waals surface area contributed by atoms with Crippen LogP contribution in [0, 0.1) is 18.7 Å². The molecule has 30 heavy (non-hydrogen) atoms. The number of halogens is 1. The van der Waals surface area contributed by atoms with Crippen LogP contribution in [0.3, 0.4) is 0 Å². The summed E-state index contributed by atoms with van der Waals surface area (Å²) >= 11 is 0. The van der Waals surface area contributed by atoms with E-state index in [9.17, 15) is 9.18 Å². The van der Waals surface area contributed by atoms with Gasteiger partial charge in [0.1, 0.15) is 5.82 Å². The molecule has 5 heteroatoms. The van der Waals surface area contributed by atoms with E-state index >= 15 is 0 Å². The van der Waals surface area contributed by atoms with Gasteiger partial charge in [-0.15, -0.1) is 0 Å². The molecule has 1 aromatic carbocycles. The summed E-state index contributed by atoms with van der Waals surface area (Å²) in [5, 5.41) is 3.26. The number of hydrogen-bond donors (Lipinski definition) is 1. The van der Waals surface area contributed by atoms with Crippen LogP contribution in [0.15, 0.2) is 29.8 Å². The molecule has 0 atom stereocenters. The lowest BCUT2D eigenvalue weighted by atomic mass is 9.84. The molecule has 0 spiro atoms. The van der Waals surface area contributed by atoms with Crippen LogP contribution in [0.25, 0.3) is 0 Å². The highest BCUT2D eigenvalue weighted by atomic mass is 19.1. The zero-order valence-electron chi connectivity index (χ0n) is 18.3. The maximum Gasteiger partial charge on any atom is 0.247 e. The zero-order valence-corrected chi connectivity index (χ0v) is 18.3. The summed E-state index contributed by atoms with van der Waals surface area (Å²) in [5.41, 5.74) is 2.87. The van der Waals surface area contributed by atoms with E-state index in [1.165, 1.54) is 19.3 Å². The van der Waals surface area contributed by atoms with Crippen LogP contribution in [-0.2, 0) is 4.79 Å². The molecule has 0 radical (unpaired) electrons. The monoisotopic (exact) mass is 413 g/mol. The van der Waals surface area contributed by atoms with Crippen molar-refractivity contribution in [1.82, 2.24) is 10.2 Å². The first-order chi connectivity index (χ1) is 14.6. The van der Waals surface area contributed by atoms with Gasteiger partial charge in [-0.3, -0.25) is 9.69 Å². The maximum atomic E-state index is 14.2. The fraction of sp³-hybridized carbons (Fsp3) is 0.640. The molecule has 3 aliphatic rings. The largest absolute Gasteiger partial charge is 0.367 e. The van der Waals surface area contributed by atoms with E-state index in [0.717, 1.165) is 87.6 Å². The molecule has 4 rings (SSSR count). The molecule has 0 aromatic heterocycles. The number of anilines is 1. The number of nitrogens with one attached hydrogen (secondary N) is 1. The second kappa shape index (κ2) is 9.95. The Hall–Kier alpha value is -1.88. The molecule has 2 aliphatic carbocycles. The fourth-order valence-electron chi connectivity index (χ4n) is 5.19. The third kappa shape index (κ3) is 5.42. The van der Waals surface area contributed by atoms with Crippen molar-refractivity contribution in [3.05, 3.63) is 41.2 Å². The lowest BCUT2D eigenvalue weighted by molar-refractivity contribution is -0.118. The first-order valence-corrected chi connectivity index (χ1v) is 11.8. The van der Waals surface area contributed by atoms with Crippen LogP contribution in [0.5, 0.6) is 0 Å². The normalized spacial score (nSPS) is 25.3. The highest BCUT2D eigenvalue weighted by Crippen LogP contribution is 2.28. The second-order valence-electron chi connectivity index (χ2n) is 9.38. The van der Waals surface area contributed by atoms with Gasteiger partial charge in [0.15, 0.2) is 0 Å². The highest BCUT2D eigenvalue weighted by molar-refractivity contribution is 5.93. The van der Waals surface area contributed by atoms with Crippen molar-refractivity contribution in [3.63, 3.8) is 0 Å². The van der Waals surface area contributed by atoms with Gasteiger partial charge in [0, 0.05) is 37.8 Å². The highest BCUT2D eigenvalue weighted by Gasteiger charge is 2.25. The van der Waals surface area contributed by atoms with E-state index in [1.807, 2.05) is 19.1 Å². The zero-order chi connectivity index (χ0) is 20.9. The average molecular weight is 414 g/mol. The number of carbonyl (C=O) groups excluding carboxylic acids is 1. The molecular formula is C25H36FN3O. The number of amides is 1. The number of hydrogen-bond acceptors (Lipinski definition) is 3. The van der Waals surface area contributed by atoms with Crippen LogP contribution in [0.2, 0.25) is 0 Å². The van der Waals surface area contributed by atoms with Crippen molar-refractivity contribution in [1.29, 1.82) is 0 Å². The smallest absolute Gasteiger partial charge is 0.247 e. The van der Waals surface area contributed by atoms with Crippen molar-refractivity contribution in [2.75, 3.05) is 37.6 Å². The number of nitrogens with zero attached hydrogens (tertiary/aromatic N) is 2. The van der Waals surface area contributed by atoms with Gasteiger partial charge in [-0.05, 0) is 88.4 Å². The van der Waals surface area contributed by atoms with E-state index < -0.39 is 0 Å².